The van der Waals surface area contributed by atoms with Gasteiger partial charge in [-0.1, -0.05) is 47.0 Å². The number of anilines is 2. The van der Waals surface area contributed by atoms with Crippen LogP contribution in [-0.2, 0) is 23.0 Å². The molecule has 1 aliphatic heterocycles. The van der Waals surface area contributed by atoms with E-state index in [2.05, 4.69) is 10.6 Å². The first-order chi connectivity index (χ1) is 15.2. The molecule has 166 valence electrons. The van der Waals surface area contributed by atoms with E-state index in [0.29, 0.717) is 34.4 Å². The Kier molecular flexibility index (Phi) is 6.44. The molecule has 0 bridgehead atoms. The molecule has 0 radical (unpaired) electrons. The van der Waals surface area contributed by atoms with Gasteiger partial charge < -0.3 is 10.6 Å². The summed E-state index contributed by atoms with van der Waals surface area (Å²) in [6.45, 7) is 2.57. The zero-order valence-corrected chi connectivity index (χ0v) is 19.6. The Morgan fingerprint density at radius 2 is 1.53 bits per heavy atom. The lowest BCUT2D eigenvalue weighted by Crippen LogP contribution is -2.36. The van der Waals surface area contributed by atoms with Crippen molar-refractivity contribution >= 4 is 50.6 Å². The van der Waals surface area contributed by atoms with Crippen LogP contribution in [0.2, 0.25) is 10.0 Å². The van der Waals surface area contributed by atoms with Gasteiger partial charge in [0.1, 0.15) is 0 Å². The third-order valence-electron chi connectivity index (χ3n) is 5.28. The molecule has 0 atom stereocenters. The summed E-state index contributed by atoms with van der Waals surface area (Å²) in [7, 11) is -3.60. The Morgan fingerprint density at radius 1 is 0.875 bits per heavy atom. The predicted octanol–water partition coefficient (Wildman–Crippen LogP) is 5.69. The fraction of sp³-hybridized carbons (Fsp3) is 0.174. The number of halogens is 2. The van der Waals surface area contributed by atoms with Crippen LogP contribution in [0, 0.1) is 6.92 Å². The Hall–Kier alpha value is -2.58. The van der Waals surface area contributed by atoms with E-state index in [1.54, 1.807) is 54.6 Å². The quantitative estimate of drug-likeness (QED) is 0.493. The maximum Gasteiger partial charge on any atom is 0.323 e. The molecule has 0 saturated heterocycles. The number of hydrogen-bond acceptors (Lipinski definition) is 3. The molecule has 1 aliphatic rings. The molecule has 0 unspecified atom stereocenters. The van der Waals surface area contributed by atoms with E-state index in [-0.39, 0.29) is 11.4 Å². The number of urea groups is 1. The number of nitrogens with zero attached hydrogens (tertiary/aromatic N) is 1. The lowest BCUT2D eigenvalue weighted by atomic mass is 10.0. The second-order valence-corrected chi connectivity index (χ2v) is 10.3. The minimum absolute atomic E-state index is 0.246. The van der Waals surface area contributed by atoms with Crippen molar-refractivity contribution in [3.63, 3.8) is 0 Å². The van der Waals surface area contributed by atoms with E-state index < -0.39 is 16.1 Å². The minimum atomic E-state index is -3.60. The van der Waals surface area contributed by atoms with Crippen LogP contribution < -0.4 is 10.6 Å². The van der Waals surface area contributed by atoms with Gasteiger partial charge in [-0.3, -0.25) is 0 Å². The van der Waals surface area contributed by atoms with Crippen LogP contribution in [0.3, 0.4) is 0 Å². The summed E-state index contributed by atoms with van der Waals surface area (Å²) in [5, 5.41) is 6.21. The van der Waals surface area contributed by atoms with E-state index >= 15 is 0 Å². The molecule has 3 aromatic carbocycles. The Bertz CT molecular complexity index is 1280. The smallest absolute Gasteiger partial charge is 0.308 e. The predicted molar refractivity (Wildman–Crippen MR) is 128 cm³/mol. The number of benzene rings is 3. The minimum Gasteiger partial charge on any atom is -0.308 e. The first kappa shape index (κ1) is 22.6. The molecule has 0 fully saturated rings. The number of nitrogens with one attached hydrogen (secondary N) is 2. The SMILES string of the molecule is Cc1ccc(S(=O)(=O)N2CCc3ccc(NC(=O)Nc4ccc(Cl)c(Cl)c4)cc3C2)cc1. The molecule has 0 aromatic heterocycles. The van der Waals surface area contributed by atoms with Crippen LogP contribution in [0.25, 0.3) is 0 Å². The van der Waals surface area contributed by atoms with E-state index in [4.69, 9.17) is 23.2 Å². The molecule has 3 aromatic rings. The number of hydrogen-bond donors (Lipinski definition) is 2. The number of rotatable bonds is 4. The van der Waals surface area contributed by atoms with Gasteiger partial charge in [0.05, 0.1) is 14.9 Å². The monoisotopic (exact) mass is 489 g/mol. The number of carbonyl (C=O) groups excluding carboxylic acids is 1. The van der Waals surface area contributed by atoms with E-state index in [1.807, 2.05) is 13.0 Å². The van der Waals surface area contributed by atoms with E-state index in [1.165, 1.54) is 4.31 Å². The first-order valence-corrected chi connectivity index (χ1v) is 12.1. The van der Waals surface area contributed by atoms with E-state index in [9.17, 15) is 13.2 Å². The van der Waals surface area contributed by atoms with Crippen molar-refractivity contribution in [3.05, 3.63) is 87.4 Å². The summed E-state index contributed by atoms with van der Waals surface area (Å²) in [5.41, 5.74) is 4.00. The van der Waals surface area contributed by atoms with Gasteiger partial charge >= 0.3 is 6.03 Å². The summed E-state index contributed by atoms with van der Waals surface area (Å²) in [5.74, 6) is 0. The number of aryl methyl sites for hydroxylation is 1. The van der Waals surface area contributed by atoms with Gasteiger partial charge in [0.15, 0.2) is 0 Å². The molecule has 4 rings (SSSR count). The maximum absolute atomic E-state index is 13.1. The van der Waals surface area contributed by atoms with Crippen LogP contribution in [-0.4, -0.2) is 25.3 Å². The number of carbonyl (C=O) groups is 1. The highest BCUT2D eigenvalue weighted by molar-refractivity contribution is 7.89. The molecule has 32 heavy (non-hydrogen) atoms. The van der Waals surface area contributed by atoms with Crippen molar-refractivity contribution < 1.29 is 13.2 Å². The highest BCUT2D eigenvalue weighted by Gasteiger charge is 2.28. The van der Waals surface area contributed by atoms with Crippen molar-refractivity contribution in [1.29, 1.82) is 0 Å². The third kappa shape index (κ3) is 4.91. The molecule has 2 N–H and O–H groups in total. The maximum atomic E-state index is 13.1. The Labute approximate surface area is 197 Å². The molecular formula is C23H21Cl2N3O3S. The largest absolute Gasteiger partial charge is 0.323 e. The van der Waals surface area contributed by atoms with Crippen molar-refractivity contribution in [2.75, 3.05) is 17.2 Å². The first-order valence-electron chi connectivity index (χ1n) is 9.94. The van der Waals surface area contributed by atoms with Gasteiger partial charge in [0.2, 0.25) is 10.0 Å². The number of fused-ring (bicyclic) bond motifs is 1. The van der Waals surface area contributed by atoms with Crippen LogP contribution >= 0.6 is 23.2 Å². The normalized spacial score (nSPS) is 14.0. The molecule has 9 heteroatoms. The van der Waals surface area contributed by atoms with Crippen molar-refractivity contribution in [2.24, 2.45) is 0 Å². The molecule has 1 heterocycles. The number of amides is 2. The Morgan fingerprint density at radius 3 is 2.22 bits per heavy atom. The summed E-state index contributed by atoms with van der Waals surface area (Å²) in [6.07, 6.45) is 0.607. The average molecular weight is 490 g/mol. The lowest BCUT2D eigenvalue weighted by molar-refractivity contribution is 0.262. The van der Waals surface area contributed by atoms with Crippen molar-refractivity contribution in [2.45, 2.75) is 24.8 Å². The zero-order valence-electron chi connectivity index (χ0n) is 17.2. The number of sulfonamides is 1. The second-order valence-electron chi connectivity index (χ2n) is 7.59. The topological polar surface area (TPSA) is 78.5 Å². The molecular weight excluding hydrogens is 469 g/mol. The highest BCUT2D eigenvalue weighted by Crippen LogP contribution is 2.28. The molecule has 0 saturated carbocycles. The fourth-order valence-corrected chi connectivity index (χ4v) is 5.26. The van der Waals surface area contributed by atoms with Crippen molar-refractivity contribution in [1.82, 2.24) is 4.31 Å². The van der Waals surface area contributed by atoms with Gasteiger partial charge in [-0.15, -0.1) is 0 Å². The van der Waals surface area contributed by atoms with Gasteiger partial charge in [0.25, 0.3) is 0 Å². The van der Waals surface area contributed by atoms with E-state index in [0.717, 1.165) is 16.7 Å². The third-order valence-corrected chi connectivity index (χ3v) is 7.88. The van der Waals surface area contributed by atoms with Crippen LogP contribution in [0.4, 0.5) is 16.2 Å². The molecule has 6 nitrogen and oxygen atoms in total. The zero-order chi connectivity index (χ0) is 22.9. The van der Waals surface area contributed by atoms with Gasteiger partial charge in [-0.25, -0.2) is 13.2 Å². The van der Waals surface area contributed by atoms with Gasteiger partial charge in [0, 0.05) is 24.5 Å². The van der Waals surface area contributed by atoms with Crippen LogP contribution in [0.15, 0.2) is 65.6 Å². The summed E-state index contributed by atoms with van der Waals surface area (Å²) >= 11 is 11.9. The van der Waals surface area contributed by atoms with Gasteiger partial charge in [-0.05, 0) is 66.9 Å². The molecule has 2 amide bonds. The lowest BCUT2D eigenvalue weighted by Gasteiger charge is -2.28. The van der Waals surface area contributed by atoms with Gasteiger partial charge in [-0.2, -0.15) is 4.31 Å². The average Bonchev–Trinajstić information content (AvgIpc) is 2.76. The summed E-state index contributed by atoms with van der Waals surface area (Å²) in [4.78, 5) is 12.7. The summed E-state index contributed by atoms with van der Waals surface area (Å²) in [6, 6.07) is 16.7. The highest BCUT2D eigenvalue weighted by atomic mass is 35.5. The fourth-order valence-electron chi connectivity index (χ4n) is 3.54. The molecule has 0 aliphatic carbocycles. The standard InChI is InChI=1S/C23H21Cl2N3O3S/c1-15-2-7-20(8-3-15)32(30,31)28-11-10-16-4-5-18(12-17(16)14-28)26-23(29)27-19-6-9-21(24)22(25)13-19/h2-9,12-13H,10-11,14H2,1H3,(H2,26,27,29). The molecule has 0 spiro atoms. The van der Waals surface area contributed by atoms with Crippen LogP contribution in [0.5, 0.6) is 0 Å². The Balaban J connectivity index is 1.48. The second kappa shape index (κ2) is 9.11. The van der Waals surface area contributed by atoms with Crippen LogP contribution in [0.1, 0.15) is 16.7 Å². The summed E-state index contributed by atoms with van der Waals surface area (Å²) < 4.78 is 27.6. The van der Waals surface area contributed by atoms with Crippen molar-refractivity contribution in [3.8, 4) is 0 Å².